The van der Waals surface area contributed by atoms with E-state index < -0.39 is 0 Å². The second-order valence-corrected chi connectivity index (χ2v) is 2.73. The van der Waals surface area contributed by atoms with E-state index in [4.69, 9.17) is 4.74 Å². The summed E-state index contributed by atoms with van der Waals surface area (Å²) in [6.45, 7) is 0. The standard InChI is InChI=1S/C7H7BrFO/c1-10-6-4-2-3-5(8)7(6)9/h3-4H,2H2,1H3. The lowest BCUT2D eigenvalue weighted by molar-refractivity contribution is 0.280. The molecule has 0 atom stereocenters. The largest absolute Gasteiger partial charge is 0.494 e. The van der Waals surface area contributed by atoms with Crippen LogP contribution in [0.3, 0.4) is 0 Å². The highest BCUT2D eigenvalue weighted by atomic mass is 79.9. The van der Waals surface area contributed by atoms with E-state index >= 15 is 0 Å². The Morgan fingerprint density at radius 2 is 2.40 bits per heavy atom. The van der Waals surface area contributed by atoms with Gasteiger partial charge in [0.15, 0.2) is 11.6 Å². The molecule has 0 saturated heterocycles. The molecule has 0 aromatic carbocycles. The smallest absolute Gasteiger partial charge is 0.175 e. The van der Waals surface area contributed by atoms with Gasteiger partial charge in [0.1, 0.15) is 0 Å². The van der Waals surface area contributed by atoms with E-state index in [0.29, 0.717) is 10.2 Å². The van der Waals surface area contributed by atoms with Gasteiger partial charge in [-0.2, -0.15) is 0 Å². The van der Waals surface area contributed by atoms with E-state index in [0.717, 1.165) is 6.42 Å². The van der Waals surface area contributed by atoms with Crippen LogP contribution in [0.4, 0.5) is 4.39 Å². The summed E-state index contributed by atoms with van der Waals surface area (Å²) >= 11 is 3.06. The average molecular weight is 206 g/mol. The van der Waals surface area contributed by atoms with Gasteiger partial charge in [-0.25, -0.2) is 4.39 Å². The molecule has 0 aromatic rings. The van der Waals surface area contributed by atoms with Crippen LogP contribution in [0.5, 0.6) is 0 Å². The molecule has 55 valence electrons. The van der Waals surface area contributed by atoms with Gasteiger partial charge in [0.2, 0.25) is 0 Å². The maximum Gasteiger partial charge on any atom is 0.175 e. The molecule has 1 nitrogen and oxygen atoms in total. The number of ether oxygens (including phenoxy) is 1. The number of methoxy groups -OCH3 is 1. The zero-order valence-corrected chi connectivity index (χ0v) is 7.11. The van der Waals surface area contributed by atoms with Crippen molar-refractivity contribution in [1.82, 2.24) is 0 Å². The predicted octanol–water partition coefficient (Wildman–Crippen LogP) is 2.70. The highest BCUT2D eigenvalue weighted by molar-refractivity contribution is 9.11. The molecule has 0 N–H and O–H groups in total. The van der Waals surface area contributed by atoms with E-state index in [2.05, 4.69) is 15.9 Å². The summed E-state index contributed by atoms with van der Waals surface area (Å²) in [7, 11) is 1.46. The predicted molar refractivity (Wildman–Crippen MR) is 41.1 cm³/mol. The molecule has 0 amide bonds. The highest BCUT2D eigenvalue weighted by Crippen LogP contribution is 2.29. The summed E-state index contributed by atoms with van der Waals surface area (Å²) in [5.41, 5.74) is 0. The minimum absolute atomic E-state index is 0.314. The van der Waals surface area contributed by atoms with Gasteiger partial charge in [0.05, 0.1) is 7.11 Å². The molecule has 3 heteroatoms. The third-order valence-electron chi connectivity index (χ3n) is 1.25. The Balaban J connectivity index is 2.83. The Labute approximate surface area is 67.7 Å². The molecule has 0 spiro atoms. The van der Waals surface area contributed by atoms with Gasteiger partial charge in [-0.1, -0.05) is 15.9 Å². The van der Waals surface area contributed by atoms with Crippen LogP contribution in [0.15, 0.2) is 22.1 Å². The van der Waals surface area contributed by atoms with Crippen LogP contribution in [0, 0.1) is 6.42 Å². The summed E-state index contributed by atoms with van der Waals surface area (Å²) in [6, 6.07) is 0. The Bertz CT molecular complexity index is 196. The summed E-state index contributed by atoms with van der Waals surface area (Å²) in [6.07, 6.45) is 4.16. The fourth-order valence-electron chi connectivity index (χ4n) is 0.739. The molecule has 0 aliphatic heterocycles. The summed E-state index contributed by atoms with van der Waals surface area (Å²) in [4.78, 5) is 0. The van der Waals surface area contributed by atoms with Crippen molar-refractivity contribution in [2.24, 2.45) is 0 Å². The Morgan fingerprint density at radius 3 is 2.90 bits per heavy atom. The van der Waals surface area contributed by atoms with E-state index in [1.165, 1.54) is 7.11 Å². The number of hydrogen-bond donors (Lipinski definition) is 0. The number of rotatable bonds is 1. The van der Waals surface area contributed by atoms with E-state index in [1.54, 1.807) is 12.5 Å². The molecule has 0 bridgehead atoms. The van der Waals surface area contributed by atoms with Gasteiger partial charge in [-0.3, -0.25) is 0 Å². The first-order valence-electron chi connectivity index (χ1n) is 2.88. The normalized spacial score (nSPS) is 18.9. The summed E-state index contributed by atoms with van der Waals surface area (Å²) in [5.74, 6) is -0.0110. The quantitative estimate of drug-likeness (QED) is 0.640. The van der Waals surface area contributed by atoms with E-state index in [1.807, 2.05) is 0 Å². The molecular formula is C7H7BrFO. The molecule has 1 aliphatic carbocycles. The number of allylic oxidation sites excluding steroid dienone is 3. The second-order valence-electron chi connectivity index (χ2n) is 1.87. The molecule has 10 heavy (non-hydrogen) atoms. The third-order valence-corrected chi connectivity index (χ3v) is 1.92. The van der Waals surface area contributed by atoms with Crippen LogP contribution in [-0.2, 0) is 4.74 Å². The highest BCUT2D eigenvalue weighted by Gasteiger charge is 2.13. The topological polar surface area (TPSA) is 9.23 Å². The number of halogens is 2. The maximum atomic E-state index is 12.9. The zero-order valence-electron chi connectivity index (χ0n) is 5.53. The van der Waals surface area contributed by atoms with Gasteiger partial charge in [0, 0.05) is 10.9 Å². The lowest BCUT2D eigenvalue weighted by atomic mass is 10.1. The second kappa shape index (κ2) is 3.19. The fraction of sp³-hybridized carbons (Fsp3) is 0.286. The van der Waals surface area contributed by atoms with Crippen LogP contribution in [-0.4, -0.2) is 7.11 Å². The molecule has 0 fully saturated rings. The van der Waals surface area contributed by atoms with Crippen molar-refractivity contribution in [2.45, 2.75) is 6.42 Å². The SMILES string of the molecule is COC1=CC[CH]C(Br)=C1F. The molecule has 0 saturated carbocycles. The average Bonchev–Trinajstić information content (AvgIpc) is 1.95. The van der Waals surface area contributed by atoms with Gasteiger partial charge >= 0.3 is 0 Å². The van der Waals surface area contributed by atoms with Crippen LogP contribution < -0.4 is 0 Å². The molecule has 1 aliphatic rings. The molecule has 0 unspecified atom stereocenters. The first kappa shape index (κ1) is 7.79. The fourth-order valence-corrected chi connectivity index (χ4v) is 1.12. The van der Waals surface area contributed by atoms with Crippen molar-refractivity contribution in [3.05, 3.63) is 28.6 Å². The van der Waals surface area contributed by atoms with Crippen LogP contribution >= 0.6 is 15.9 Å². The van der Waals surface area contributed by atoms with Gasteiger partial charge in [0.25, 0.3) is 0 Å². The zero-order chi connectivity index (χ0) is 7.56. The lowest BCUT2D eigenvalue weighted by Crippen LogP contribution is -1.95. The Morgan fingerprint density at radius 1 is 1.70 bits per heavy atom. The Kier molecular flexibility index (Phi) is 2.49. The van der Waals surface area contributed by atoms with E-state index in [-0.39, 0.29) is 5.83 Å². The van der Waals surface area contributed by atoms with Crippen molar-refractivity contribution in [3.63, 3.8) is 0 Å². The van der Waals surface area contributed by atoms with Gasteiger partial charge in [-0.15, -0.1) is 0 Å². The minimum Gasteiger partial charge on any atom is -0.494 e. The maximum absolute atomic E-state index is 12.9. The van der Waals surface area contributed by atoms with Gasteiger partial charge in [-0.05, 0) is 12.5 Å². The van der Waals surface area contributed by atoms with Crippen molar-refractivity contribution in [1.29, 1.82) is 0 Å². The molecular weight excluding hydrogens is 199 g/mol. The summed E-state index contributed by atoms with van der Waals surface area (Å²) < 4.78 is 18.1. The van der Waals surface area contributed by atoms with Crippen molar-refractivity contribution in [2.75, 3.05) is 7.11 Å². The number of hydrogen-bond acceptors (Lipinski definition) is 1. The van der Waals surface area contributed by atoms with Crippen LogP contribution in [0.25, 0.3) is 0 Å². The monoisotopic (exact) mass is 205 g/mol. The van der Waals surface area contributed by atoms with Crippen LogP contribution in [0.2, 0.25) is 0 Å². The van der Waals surface area contributed by atoms with E-state index in [9.17, 15) is 4.39 Å². The van der Waals surface area contributed by atoms with Crippen LogP contribution in [0.1, 0.15) is 6.42 Å². The summed E-state index contributed by atoms with van der Waals surface area (Å²) in [5, 5.41) is 0. The van der Waals surface area contributed by atoms with Crippen molar-refractivity contribution < 1.29 is 9.13 Å². The Hall–Kier alpha value is -0.310. The van der Waals surface area contributed by atoms with Gasteiger partial charge < -0.3 is 4.74 Å². The molecule has 0 heterocycles. The van der Waals surface area contributed by atoms with Crippen molar-refractivity contribution >= 4 is 15.9 Å². The molecule has 1 radical (unpaired) electrons. The molecule has 0 aromatic heterocycles. The first-order valence-corrected chi connectivity index (χ1v) is 3.68. The first-order chi connectivity index (χ1) is 4.75. The third kappa shape index (κ3) is 1.40. The lowest BCUT2D eigenvalue weighted by Gasteiger charge is -2.10. The van der Waals surface area contributed by atoms with Crippen molar-refractivity contribution in [3.8, 4) is 0 Å². The minimum atomic E-state index is -0.325. The molecule has 1 rings (SSSR count).